The van der Waals surface area contributed by atoms with Crippen molar-refractivity contribution in [3.63, 3.8) is 0 Å². The molecule has 3 aromatic rings. The van der Waals surface area contributed by atoms with Gasteiger partial charge in [-0.05, 0) is 35.4 Å². The second-order valence-corrected chi connectivity index (χ2v) is 8.65. The number of pyridine rings is 1. The van der Waals surface area contributed by atoms with Crippen molar-refractivity contribution in [2.45, 2.75) is 32.1 Å². The maximum atomic E-state index is 13.5. The van der Waals surface area contributed by atoms with Crippen molar-refractivity contribution in [3.05, 3.63) is 65.1 Å². The van der Waals surface area contributed by atoms with Crippen LogP contribution in [0.15, 0.2) is 42.6 Å². The van der Waals surface area contributed by atoms with Gasteiger partial charge in [-0.25, -0.2) is 4.98 Å². The Morgan fingerprint density at radius 1 is 1.20 bits per heavy atom. The van der Waals surface area contributed by atoms with E-state index in [2.05, 4.69) is 36.2 Å². The number of fused-ring (bicyclic) bond motifs is 1. The molecule has 30 heavy (non-hydrogen) atoms. The van der Waals surface area contributed by atoms with E-state index in [1.165, 1.54) is 0 Å². The van der Waals surface area contributed by atoms with Gasteiger partial charge in [0.25, 0.3) is 0 Å². The SMILES string of the molecule is Cn1nc(C(C)(C)C)cc1C(=O)C1CNc2nccc(-c3cccc(C(N)=O)c3)c21. The van der Waals surface area contributed by atoms with Gasteiger partial charge in [-0.1, -0.05) is 32.9 Å². The predicted octanol–water partition coefficient (Wildman–Crippen LogP) is 3.27. The minimum Gasteiger partial charge on any atom is -0.369 e. The van der Waals surface area contributed by atoms with E-state index in [9.17, 15) is 9.59 Å². The van der Waals surface area contributed by atoms with E-state index in [-0.39, 0.29) is 11.2 Å². The van der Waals surface area contributed by atoms with Crippen molar-refractivity contribution in [1.29, 1.82) is 0 Å². The number of benzene rings is 1. The van der Waals surface area contributed by atoms with E-state index in [0.29, 0.717) is 23.6 Å². The van der Waals surface area contributed by atoms with Crippen molar-refractivity contribution in [2.75, 3.05) is 11.9 Å². The van der Waals surface area contributed by atoms with Gasteiger partial charge in [-0.15, -0.1) is 0 Å². The number of Topliss-reactive ketones (excluding diaryl/α,β-unsaturated/α-hetero) is 1. The highest BCUT2D eigenvalue weighted by atomic mass is 16.1. The minimum absolute atomic E-state index is 0.00736. The van der Waals surface area contributed by atoms with Crippen LogP contribution in [0.25, 0.3) is 11.1 Å². The molecular weight excluding hydrogens is 378 g/mol. The maximum Gasteiger partial charge on any atom is 0.248 e. The van der Waals surface area contributed by atoms with Gasteiger partial charge in [0, 0.05) is 36.3 Å². The number of hydrogen-bond donors (Lipinski definition) is 2. The number of anilines is 1. The Bertz CT molecular complexity index is 1160. The van der Waals surface area contributed by atoms with Gasteiger partial charge in [0.15, 0.2) is 5.78 Å². The zero-order valence-electron chi connectivity index (χ0n) is 17.6. The number of carbonyl (C=O) groups is 2. The lowest BCUT2D eigenvalue weighted by Crippen LogP contribution is -2.18. The molecule has 0 radical (unpaired) electrons. The van der Waals surface area contributed by atoms with Crippen LogP contribution in [-0.4, -0.2) is 33.0 Å². The van der Waals surface area contributed by atoms with Crippen LogP contribution in [0.2, 0.25) is 0 Å². The Balaban J connectivity index is 1.78. The van der Waals surface area contributed by atoms with Gasteiger partial charge in [0.05, 0.1) is 11.6 Å². The fraction of sp³-hybridized carbons (Fsp3) is 0.304. The normalized spacial score (nSPS) is 15.5. The summed E-state index contributed by atoms with van der Waals surface area (Å²) in [6.07, 6.45) is 1.70. The summed E-state index contributed by atoms with van der Waals surface area (Å²) in [5, 5.41) is 7.80. The van der Waals surface area contributed by atoms with Crippen LogP contribution in [0.4, 0.5) is 5.82 Å². The lowest BCUT2D eigenvalue weighted by molar-refractivity contribution is 0.0956. The monoisotopic (exact) mass is 403 g/mol. The van der Waals surface area contributed by atoms with E-state index in [1.807, 2.05) is 18.2 Å². The molecule has 2 aromatic heterocycles. The van der Waals surface area contributed by atoms with E-state index < -0.39 is 11.8 Å². The average Bonchev–Trinajstić information content (AvgIpc) is 3.31. The Labute approximate surface area is 175 Å². The van der Waals surface area contributed by atoms with Gasteiger partial charge >= 0.3 is 0 Å². The van der Waals surface area contributed by atoms with Crippen LogP contribution in [0.1, 0.15) is 58.8 Å². The molecule has 1 amide bonds. The summed E-state index contributed by atoms with van der Waals surface area (Å²) in [5.74, 6) is -0.206. The Hall–Kier alpha value is -3.48. The minimum atomic E-state index is -0.488. The molecule has 0 fully saturated rings. The average molecular weight is 403 g/mol. The zero-order valence-corrected chi connectivity index (χ0v) is 17.6. The van der Waals surface area contributed by atoms with Crippen LogP contribution >= 0.6 is 0 Å². The number of nitrogens with zero attached hydrogens (tertiary/aromatic N) is 3. The first-order valence-corrected chi connectivity index (χ1v) is 9.88. The van der Waals surface area contributed by atoms with Gasteiger partial charge in [0.1, 0.15) is 11.5 Å². The summed E-state index contributed by atoms with van der Waals surface area (Å²) >= 11 is 0. The molecule has 0 saturated carbocycles. The molecule has 154 valence electrons. The number of nitrogens with one attached hydrogen (secondary N) is 1. The van der Waals surface area contributed by atoms with Crippen molar-refractivity contribution in [1.82, 2.24) is 14.8 Å². The van der Waals surface area contributed by atoms with Crippen molar-refractivity contribution < 1.29 is 9.59 Å². The van der Waals surface area contributed by atoms with Crippen molar-refractivity contribution >= 4 is 17.5 Å². The number of rotatable bonds is 4. The molecule has 1 aliphatic rings. The highest BCUT2D eigenvalue weighted by molar-refractivity contribution is 6.03. The summed E-state index contributed by atoms with van der Waals surface area (Å²) in [4.78, 5) is 29.6. The fourth-order valence-electron chi connectivity index (χ4n) is 3.83. The molecule has 1 aliphatic heterocycles. The molecule has 0 bridgehead atoms. The van der Waals surface area contributed by atoms with Crippen LogP contribution < -0.4 is 11.1 Å². The highest BCUT2D eigenvalue weighted by Crippen LogP contribution is 2.40. The summed E-state index contributed by atoms with van der Waals surface area (Å²) in [6, 6.07) is 10.9. The quantitative estimate of drug-likeness (QED) is 0.651. The van der Waals surface area contributed by atoms with Gasteiger partial charge in [0.2, 0.25) is 5.91 Å². The molecule has 3 N–H and O–H groups in total. The molecule has 1 aromatic carbocycles. The van der Waals surface area contributed by atoms with Crippen LogP contribution in [0.5, 0.6) is 0 Å². The number of ketones is 1. The predicted molar refractivity (Wildman–Crippen MR) is 116 cm³/mol. The number of nitrogens with two attached hydrogens (primary N) is 1. The third-order valence-corrected chi connectivity index (χ3v) is 5.49. The first-order chi connectivity index (χ1) is 14.2. The largest absolute Gasteiger partial charge is 0.369 e. The van der Waals surface area contributed by atoms with E-state index in [1.54, 1.807) is 36.1 Å². The topological polar surface area (TPSA) is 103 Å². The molecule has 0 saturated heterocycles. The smallest absolute Gasteiger partial charge is 0.248 e. The Morgan fingerprint density at radius 2 is 1.97 bits per heavy atom. The summed E-state index contributed by atoms with van der Waals surface area (Å²) in [7, 11) is 1.80. The number of aromatic nitrogens is 3. The van der Waals surface area contributed by atoms with Crippen LogP contribution in [0, 0.1) is 0 Å². The molecule has 4 rings (SSSR count). The highest BCUT2D eigenvalue weighted by Gasteiger charge is 2.35. The second kappa shape index (κ2) is 7.09. The van der Waals surface area contributed by atoms with Gasteiger partial charge in [-0.3, -0.25) is 14.3 Å². The molecular formula is C23H25N5O2. The number of amides is 1. The Kier molecular flexibility index (Phi) is 4.68. The summed E-state index contributed by atoms with van der Waals surface area (Å²) in [6.45, 7) is 6.68. The molecule has 7 heteroatoms. The van der Waals surface area contributed by atoms with E-state index >= 15 is 0 Å². The van der Waals surface area contributed by atoms with Gasteiger partial charge < -0.3 is 11.1 Å². The first-order valence-electron chi connectivity index (χ1n) is 9.88. The molecule has 0 aliphatic carbocycles. The Morgan fingerprint density at radius 3 is 2.63 bits per heavy atom. The first kappa shape index (κ1) is 19.8. The number of primary amides is 1. The molecule has 1 atom stereocenters. The number of hydrogen-bond acceptors (Lipinski definition) is 5. The third kappa shape index (κ3) is 3.36. The number of aryl methyl sites for hydroxylation is 1. The molecule has 3 heterocycles. The fourth-order valence-corrected chi connectivity index (χ4v) is 3.83. The number of carbonyl (C=O) groups excluding carboxylic acids is 2. The van der Waals surface area contributed by atoms with Crippen LogP contribution in [-0.2, 0) is 12.5 Å². The summed E-state index contributed by atoms with van der Waals surface area (Å²) < 4.78 is 1.66. The molecule has 1 unspecified atom stereocenters. The van der Waals surface area contributed by atoms with E-state index in [0.717, 1.165) is 22.4 Å². The second-order valence-electron chi connectivity index (χ2n) is 8.65. The standard InChI is InChI=1S/C23H25N5O2/c1-23(2,3)18-11-17(28(4)27-18)20(29)16-12-26-22-19(16)15(8-9-25-22)13-6-5-7-14(10-13)21(24)30/h5-11,16H,12H2,1-4H3,(H2,24,30)(H,25,26). The van der Waals surface area contributed by atoms with E-state index in [4.69, 9.17) is 5.73 Å². The zero-order chi connectivity index (χ0) is 21.6. The molecule has 7 nitrogen and oxygen atoms in total. The van der Waals surface area contributed by atoms with Crippen LogP contribution in [0.3, 0.4) is 0 Å². The van der Waals surface area contributed by atoms with Crippen molar-refractivity contribution in [3.8, 4) is 11.1 Å². The molecule has 0 spiro atoms. The van der Waals surface area contributed by atoms with Gasteiger partial charge in [-0.2, -0.15) is 5.10 Å². The summed E-state index contributed by atoms with van der Waals surface area (Å²) in [5.41, 5.74) is 9.70. The lowest BCUT2D eigenvalue weighted by atomic mass is 9.88. The third-order valence-electron chi connectivity index (χ3n) is 5.49. The maximum absolute atomic E-state index is 13.5. The lowest BCUT2D eigenvalue weighted by Gasteiger charge is -2.14. The van der Waals surface area contributed by atoms with Crippen molar-refractivity contribution in [2.24, 2.45) is 12.8 Å².